The van der Waals surface area contributed by atoms with Crippen molar-refractivity contribution in [3.63, 3.8) is 0 Å². The van der Waals surface area contributed by atoms with Gasteiger partial charge in [0.1, 0.15) is 6.04 Å². The standard InChI is InChI=1S/C12H20N2O3S2/c1-7(5-18-2)13-12(17)14-9(11(15)16)6-19-10(14)8-3-4-8/h7-10H,3-6H2,1-2H3,(H,13,17)(H,15,16). The van der Waals surface area contributed by atoms with Gasteiger partial charge in [0.15, 0.2) is 0 Å². The molecule has 1 saturated carbocycles. The van der Waals surface area contributed by atoms with Gasteiger partial charge in [-0.05, 0) is 31.9 Å². The third kappa shape index (κ3) is 3.51. The van der Waals surface area contributed by atoms with E-state index < -0.39 is 12.0 Å². The molecule has 2 rings (SSSR count). The minimum Gasteiger partial charge on any atom is -0.480 e. The predicted molar refractivity (Wildman–Crippen MR) is 78.6 cm³/mol. The molecule has 0 bridgehead atoms. The second-order valence-corrected chi connectivity index (χ2v) is 7.19. The van der Waals surface area contributed by atoms with Gasteiger partial charge in [-0.15, -0.1) is 11.8 Å². The van der Waals surface area contributed by atoms with Gasteiger partial charge in [0.2, 0.25) is 0 Å². The van der Waals surface area contributed by atoms with Crippen molar-refractivity contribution in [2.45, 2.75) is 37.2 Å². The highest BCUT2D eigenvalue weighted by atomic mass is 32.2. The van der Waals surface area contributed by atoms with E-state index in [2.05, 4.69) is 5.32 Å². The Bertz CT molecular complexity index is 363. The van der Waals surface area contributed by atoms with E-state index in [0.717, 1.165) is 18.6 Å². The fourth-order valence-electron chi connectivity index (χ4n) is 2.30. The number of nitrogens with one attached hydrogen (secondary N) is 1. The molecule has 2 fully saturated rings. The number of aliphatic carboxylic acids is 1. The molecule has 1 saturated heterocycles. The number of urea groups is 1. The van der Waals surface area contributed by atoms with Crippen LogP contribution in [0.15, 0.2) is 0 Å². The molecule has 3 atom stereocenters. The first-order chi connectivity index (χ1) is 9.04. The first-order valence-corrected chi connectivity index (χ1v) is 8.91. The van der Waals surface area contributed by atoms with E-state index >= 15 is 0 Å². The van der Waals surface area contributed by atoms with Gasteiger partial charge in [-0.1, -0.05) is 0 Å². The van der Waals surface area contributed by atoms with E-state index in [1.165, 1.54) is 0 Å². The van der Waals surface area contributed by atoms with Crippen LogP contribution in [-0.2, 0) is 4.79 Å². The number of carbonyl (C=O) groups excluding carboxylic acids is 1. The Morgan fingerprint density at radius 3 is 2.74 bits per heavy atom. The summed E-state index contributed by atoms with van der Waals surface area (Å²) in [7, 11) is 0. The highest BCUT2D eigenvalue weighted by molar-refractivity contribution is 8.00. The first kappa shape index (κ1) is 14.8. The Morgan fingerprint density at radius 1 is 1.53 bits per heavy atom. The van der Waals surface area contributed by atoms with Crippen molar-refractivity contribution < 1.29 is 14.7 Å². The van der Waals surface area contributed by atoms with Crippen LogP contribution in [0.3, 0.4) is 0 Å². The Labute approximate surface area is 121 Å². The summed E-state index contributed by atoms with van der Waals surface area (Å²) >= 11 is 3.27. The summed E-state index contributed by atoms with van der Waals surface area (Å²) < 4.78 is 0. The largest absolute Gasteiger partial charge is 0.480 e. The smallest absolute Gasteiger partial charge is 0.327 e. The molecule has 0 aromatic rings. The zero-order valence-corrected chi connectivity index (χ0v) is 12.8. The lowest BCUT2D eigenvalue weighted by Gasteiger charge is -2.29. The molecule has 1 heterocycles. The van der Waals surface area contributed by atoms with Crippen LogP contribution >= 0.6 is 23.5 Å². The fourth-order valence-corrected chi connectivity index (χ4v) is 4.51. The number of rotatable bonds is 5. The van der Waals surface area contributed by atoms with Crippen molar-refractivity contribution in [2.24, 2.45) is 5.92 Å². The van der Waals surface area contributed by atoms with Crippen molar-refractivity contribution in [3.05, 3.63) is 0 Å². The molecule has 3 unspecified atom stereocenters. The predicted octanol–water partition coefficient (Wildman–Crippen LogP) is 1.69. The van der Waals surface area contributed by atoms with E-state index in [-0.39, 0.29) is 17.4 Å². The number of hydrogen-bond donors (Lipinski definition) is 2. The lowest BCUT2D eigenvalue weighted by atomic mass is 10.2. The van der Waals surface area contributed by atoms with Crippen molar-refractivity contribution in [2.75, 3.05) is 17.8 Å². The van der Waals surface area contributed by atoms with Crippen LogP contribution in [0.25, 0.3) is 0 Å². The number of carboxylic acids is 1. The lowest BCUT2D eigenvalue weighted by Crippen LogP contribution is -2.52. The molecule has 19 heavy (non-hydrogen) atoms. The molecule has 5 nitrogen and oxygen atoms in total. The molecule has 0 spiro atoms. The highest BCUT2D eigenvalue weighted by Gasteiger charge is 2.48. The molecule has 0 aromatic carbocycles. The third-order valence-electron chi connectivity index (χ3n) is 3.37. The van der Waals surface area contributed by atoms with Gasteiger partial charge in [-0.2, -0.15) is 11.8 Å². The molecule has 7 heteroatoms. The molecule has 108 valence electrons. The number of amides is 2. The second kappa shape index (κ2) is 6.26. The minimum absolute atomic E-state index is 0.0441. The van der Waals surface area contributed by atoms with Gasteiger partial charge in [0, 0.05) is 17.5 Å². The molecule has 0 radical (unpaired) electrons. The average Bonchev–Trinajstić information content (AvgIpc) is 3.07. The fraction of sp³-hybridized carbons (Fsp3) is 0.833. The Morgan fingerprint density at radius 2 is 2.21 bits per heavy atom. The SMILES string of the molecule is CSCC(C)NC(=O)N1C(C(=O)O)CSC1C1CC1. The second-order valence-electron chi connectivity index (χ2n) is 5.13. The highest BCUT2D eigenvalue weighted by Crippen LogP contribution is 2.45. The summed E-state index contributed by atoms with van der Waals surface area (Å²) in [6, 6.07) is -0.852. The molecular formula is C12H20N2O3S2. The van der Waals surface area contributed by atoms with E-state index in [9.17, 15) is 14.7 Å². The van der Waals surface area contributed by atoms with Crippen LogP contribution in [0.2, 0.25) is 0 Å². The summed E-state index contributed by atoms with van der Waals surface area (Å²) in [4.78, 5) is 25.2. The van der Waals surface area contributed by atoms with Crippen molar-refractivity contribution >= 4 is 35.5 Å². The van der Waals surface area contributed by atoms with E-state index in [1.54, 1.807) is 28.4 Å². The number of nitrogens with zero attached hydrogens (tertiary/aromatic N) is 1. The topological polar surface area (TPSA) is 69.6 Å². The lowest BCUT2D eigenvalue weighted by molar-refractivity contribution is -0.141. The zero-order valence-electron chi connectivity index (χ0n) is 11.2. The number of carboxylic acid groups (broad SMARTS) is 1. The monoisotopic (exact) mass is 304 g/mol. The molecule has 0 aromatic heterocycles. The van der Waals surface area contributed by atoms with Crippen LogP contribution in [0.5, 0.6) is 0 Å². The molecule has 1 aliphatic heterocycles. The quantitative estimate of drug-likeness (QED) is 0.809. The summed E-state index contributed by atoms with van der Waals surface area (Å²) in [5, 5.41) is 12.2. The zero-order chi connectivity index (χ0) is 14.0. The van der Waals surface area contributed by atoms with Crippen LogP contribution in [0.1, 0.15) is 19.8 Å². The Kier molecular flexibility index (Phi) is 4.89. The van der Waals surface area contributed by atoms with Crippen LogP contribution in [-0.4, -0.2) is 57.2 Å². The van der Waals surface area contributed by atoms with Gasteiger partial charge in [-0.25, -0.2) is 9.59 Å². The van der Waals surface area contributed by atoms with E-state index in [4.69, 9.17) is 0 Å². The van der Waals surface area contributed by atoms with Gasteiger partial charge >= 0.3 is 12.0 Å². The Balaban J connectivity index is 2.03. The summed E-state index contributed by atoms with van der Waals surface area (Å²) in [6.07, 6.45) is 4.20. The summed E-state index contributed by atoms with van der Waals surface area (Å²) in [6.45, 7) is 1.94. The van der Waals surface area contributed by atoms with Gasteiger partial charge in [0.25, 0.3) is 0 Å². The molecule has 2 aliphatic rings. The molecule has 2 N–H and O–H groups in total. The Hall–Kier alpha value is -0.560. The van der Waals surface area contributed by atoms with Crippen LogP contribution < -0.4 is 5.32 Å². The first-order valence-electron chi connectivity index (χ1n) is 6.46. The number of hydrogen-bond acceptors (Lipinski definition) is 4. The summed E-state index contributed by atoms with van der Waals surface area (Å²) in [5.74, 6) is 0.915. The van der Waals surface area contributed by atoms with E-state index in [1.807, 2.05) is 13.2 Å². The molecular weight excluding hydrogens is 284 g/mol. The van der Waals surface area contributed by atoms with Crippen molar-refractivity contribution in [3.8, 4) is 0 Å². The van der Waals surface area contributed by atoms with Crippen LogP contribution in [0, 0.1) is 5.92 Å². The van der Waals surface area contributed by atoms with Crippen molar-refractivity contribution in [1.82, 2.24) is 10.2 Å². The normalized spacial score (nSPS) is 28.2. The minimum atomic E-state index is -0.900. The molecule has 2 amide bonds. The van der Waals surface area contributed by atoms with Crippen molar-refractivity contribution in [1.29, 1.82) is 0 Å². The maximum atomic E-state index is 12.3. The maximum absolute atomic E-state index is 12.3. The van der Waals surface area contributed by atoms with E-state index in [0.29, 0.717) is 11.7 Å². The third-order valence-corrected chi connectivity index (χ3v) is 5.66. The van der Waals surface area contributed by atoms with Crippen LogP contribution in [0.4, 0.5) is 4.79 Å². The van der Waals surface area contributed by atoms with Gasteiger partial charge in [0.05, 0.1) is 5.37 Å². The average molecular weight is 304 g/mol. The molecule has 1 aliphatic carbocycles. The number of carbonyl (C=O) groups is 2. The summed E-state index contributed by atoms with van der Waals surface area (Å²) in [5.41, 5.74) is 0. The maximum Gasteiger partial charge on any atom is 0.327 e. The van der Waals surface area contributed by atoms with Gasteiger partial charge in [-0.3, -0.25) is 4.90 Å². The van der Waals surface area contributed by atoms with Gasteiger partial charge < -0.3 is 10.4 Å². The number of thioether (sulfide) groups is 2.